The Labute approximate surface area is 178 Å². The summed E-state index contributed by atoms with van der Waals surface area (Å²) in [6.07, 6.45) is 5.09. The van der Waals surface area contributed by atoms with Crippen LogP contribution < -0.4 is 10.2 Å². The highest BCUT2D eigenvalue weighted by molar-refractivity contribution is 8.18. The highest BCUT2D eigenvalue weighted by Gasteiger charge is 2.28. The van der Waals surface area contributed by atoms with E-state index in [0.717, 1.165) is 38.8 Å². The van der Waals surface area contributed by atoms with Crippen LogP contribution in [0.1, 0.15) is 31.2 Å². The van der Waals surface area contributed by atoms with Gasteiger partial charge in [-0.1, -0.05) is 0 Å². The molecule has 0 aliphatic carbocycles. The number of carbonyl (C=O) groups excluding carboxylic acids is 2. The number of hydrogen-bond donors (Lipinski definition) is 1. The van der Waals surface area contributed by atoms with Crippen molar-refractivity contribution in [1.29, 1.82) is 0 Å². The van der Waals surface area contributed by atoms with Crippen LogP contribution in [0.4, 0.5) is 9.18 Å². The summed E-state index contributed by atoms with van der Waals surface area (Å²) in [6, 6.07) is 3.90. The summed E-state index contributed by atoms with van der Waals surface area (Å²) in [4.78, 5) is 30.7. The minimum absolute atomic E-state index is 0. The third kappa shape index (κ3) is 5.09. The lowest BCUT2D eigenvalue weighted by Crippen LogP contribution is -2.45. The van der Waals surface area contributed by atoms with E-state index in [1.165, 1.54) is 36.0 Å². The largest absolute Gasteiger partial charge is 0.415 e. The van der Waals surface area contributed by atoms with Crippen molar-refractivity contribution in [2.45, 2.75) is 25.7 Å². The van der Waals surface area contributed by atoms with Crippen LogP contribution in [0.3, 0.4) is 0 Å². The number of thioether (sulfide) groups is 1. The monoisotopic (exact) mass is 440 g/mol. The number of aliphatic imine (C=N–C) groups is 1. The normalized spacial score (nSPS) is 20.7. The van der Waals surface area contributed by atoms with Crippen molar-refractivity contribution in [3.05, 3.63) is 34.5 Å². The summed E-state index contributed by atoms with van der Waals surface area (Å²) in [7, 11) is 0. The smallest absolute Gasteiger partial charge is 0.410 e. The van der Waals surface area contributed by atoms with Crippen LogP contribution in [0.5, 0.6) is 5.75 Å². The molecule has 0 saturated carbocycles. The topological polar surface area (TPSA) is 74.2 Å². The summed E-state index contributed by atoms with van der Waals surface area (Å²) < 4.78 is 19.3. The van der Waals surface area contributed by atoms with E-state index in [0.29, 0.717) is 28.7 Å². The van der Waals surface area contributed by atoms with E-state index in [1.54, 1.807) is 4.90 Å². The quantitative estimate of drug-likeness (QED) is 0.710. The minimum atomic E-state index is -0.470. The molecule has 0 atom stereocenters. The van der Waals surface area contributed by atoms with Gasteiger partial charge in [-0.05, 0) is 61.7 Å². The molecule has 4 rings (SSSR count). The third-order valence-corrected chi connectivity index (χ3v) is 5.78. The molecule has 0 bridgehead atoms. The lowest BCUT2D eigenvalue weighted by Gasteiger charge is -2.28. The van der Waals surface area contributed by atoms with Crippen LogP contribution in [0.15, 0.2) is 28.1 Å². The van der Waals surface area contributed by atoms with Crippen LogP contribution in [0.2, 0.25) is 0 Å². The molecule has 3 heterocycles. The van der Waals surface area contributed by atoms with Crippen molar-refractivity contribution in [3.63, 3.8) is 0 Å². The summed E-state index contributed by atoms with van der Waals surface area (Å²) in [5.74, 6) is -0.626. The first kappa shape index (κ1) is 21.6. The van der Waals surface area contributed by atoms with Gasteiger partial charge in [0.15, 0.2) is 5.17 Å². The van der Waals surface area contributed by atoms with E-state index in [4.69, 9.17) is 4.74 Å². The van der Waals surface area contributed by atoms with Gasteiger partial charge in [0.25, 0.3) is 5.91 Å². The average Bonchev–Trinajstić information content (AvgIpc) is 3.35. The van der Waals surface area contributed by atoms with Gasteiger partial charge >= 0.3 is 6.09 Å². The van der Waals surface area contributed by atoms with E-state index in [9.17, 15) is 14.0 Å². The number of hydrazine groups is 1. The zero-order valence-electron chi connectivity index (χ0n) is 15.7. The van der Waals surface area contributed by atoms with Gasteiger partial charge in [0.05, 0.1) is 4.91 Å². The lowest BCUT2D eigenvalue weighted by molar-refractivity contribution is -0.113. The molecule has 2 saturated heterocycles. The molecule has 0 radical (unpaired) electrons. The number of halogens is 2. The van der Waals surface area contributed by atoms with Crippen LogP contribution in [-0.2, 0) is 4.79 Å². The number of hydrogen-bond acceptors (Lipinski definition) is 6. The van der Waals surface area contributed by atoms with Crippen LogP contribution >= 0.6 is 24.2 Å². The van der Waals surface area contributed by atoms with Gasteiger partial charge in [0.1, 0.15) is 11.6 Å². The molecular formula is C19H22ClFN4O3S. The number of nitrogens with one attached hydrogen (secondary N) is 1. The summed E-state index contributed by atoms with van der Waals surface area (Å²) in [5, 5.41) is 2.45. The van der Waals surface area contributed by atoms with Crippen molar-refractivity contribution in [1.82, 2.24) is 15.3 Å². The molecule has 3 aliphatic heterocycles. The molecular weight excluding hydrogens is 419 g/mol. The molecule has 29 heavy (non-hydrogen) atoms. The van der Waals surface area contributed by atoms with E-state index >= 15 is 0 Å². The molecule has 2 fully saturated rings. The SMILES string of the molecule is Cl.O=C1N=C(N2CCCCN2)SC1=Cc1cc(F)ccc1OC(=O)N1CCCC1. The Morgan fingerprint density at radius 2 is 1.97 bits per heavy atom. The average molecular weight is 441 g/mol. The number of nitrogens with zero attached hydrogens (tertiary/aromatic N) is 3. The Balaban J connectivity index is 0.00000240. The molecule has 1 N–H and O–H groups in total. The number of rotatable bonds is 2. The van der Waals surface area contributed by atoms with Crippen molar-refractivity contribution in [3.8, 4) is 5.75 Å². The molecule has 3 aliphatic rings. The maximum Gasteiger partial charge on any atom is 0.415 e. The highest BCUT2D eigenvalue weighted by atomic mass is 35.5. The number of carbonyl (C=O) groups is 2. The van der Waals surface area contributed by atoms with Gasteiger partial charge in [-0.25, -0.2) is 14.6 Å². The minimum Gasteiger partial charge on any atom is -0.410 e. The maximum atomic E-state index is 13.8. The van der Waals surface area contributed by atoms with E-state index < -0.39 is 11.9 Å². The molecule has 2 amide bonds. The van der Waals surface area contributed by atoms with Gasteiger partial charge in [-0.3, -0.25) is 9.80 Å². The van der Waals surface area contributed by atoms with Gasteiger partial charge in [0.2, 0.25) is 0 Å². The first-order valence-corrected chi connectivity index (χ1v) is 10.2. The van der Waals surface area contributed by atoms with E-state index in [-0.39, 0.29) is 24.1 Å². The van der Waals surface area contributed by atoms with Crippen LogP contribution in [-0.4, -0.2) is 53.3 Å². The maximum absolute atomic E-state index is 13.8. The molecule has 0 aromatic heterocycles. The Bertz CT molecular complexity index is 852. The fourth-order valence-corrected chi connectivity index (χ4v) is 4.20. The second-order valence-corrected chi connectivity index (χ2v) is 7.83. The van der Waals surface area contributed by atoms with Gasteiger partial charge in [-0.2, -0.15) is 4.99 Å². The second kappa shape index (κ2) is 9.60. The zero-order valence-corrected chi connectivity index (χ0v) is 17.4. The molecule has 10 heteroatoms. The van der Waals surface area contributed by atoms with Crippen molar-refractivity contribution < 1.29 is 18.7 Å². The van der Waals surface area contributed by atoms with Crippen molar-refractivity contribution >= 4 is 47.4 Å². The Kier molecular flexibility index (Phi) is 7.15. The number of benzene rings is 1. The lowest BCUT2D eigenvalue weighted by atomic mass is 10.2. The fourth-order valence-electron chi connectivity index (χ4n) is 3.29. The number of likely N-dealkylation sites (tertiary alicyclic amines) is 1. The molecule has 1 aromatic rings. The summed E-state index contributed by atoms with van der Waals surface area (Å²) >= 11 is 1.23. The Morgan fingerprint density at radius 3 is 2.69 bits per heavy atom. The van der Waals surface area contributed by atoms with Crippen molar-refractivity contribution in [2.24, 2.45) is 4.99 Å². The van der Waals surface area contributed by atoms with Gasteiger partial charge < -0.3 is 9.64 Å². The van der Waals surface area contributed by atoms with Crippen molar-refractivity contribution in [2.75, 3.05) is 26.2 Å². The fraction of sp³-hybridized carbons (Fsp3) is 0.421. The molecule has 7 nitrogen and oxygen atoms in total. The number of amidine groups is 1. The van der Waals surface area contributed by atoms with E-state index in [2.05, 4.69) is 10.4 Å². The zero-order chi connectivity index (χ0) is 19.5. The molecule has 0 unspecified atom stereocenters. The third-order valence-electron chi connectivity index (χ3n) is 4.77. The molecule has 1 aromatic carbocycles. The Morgan fingerprint density at radius 1 is 1.21 bits per heavy atom. The number of ether oxygens (including phenoxy) is 1. The first-order chi connectivity index (χ1) is 13.6. The van der Waals surface area contributed by atoms with E-state index in [1.807, 2.05) is 5.01 Å². The molecule has 0 spiro atoms. The highest BCUT2D eigenvalue weighted by Crippen LogP contribution is 2.33. The van der Waals surface area contributed by atoms with Gasteiger partial charge in [-0.15, -0.1) is 12.4 Å². The predicted octanol–water partition coefficient (Wildman–Crippen LogP) is 3.41. The van der Waals surface area contributed by atoms with Crippen LogP contribution in [0.25, 0.3) is 6.08 Å². The molecule has 156 valence electrons. The Hall–Kier alpha value is -2.10. The first-order valence-electron chi connectivity index (χ1n) is 9.40. The summed E-state index contributed by atoms with van der Waals surface area (Å²) in [5.41, 5.74) is 3.55. The predicted molar refractivity (Wildman–Crippen MR) is 112 cm³/mol. The van der Waals surface area contributed by atoms with Gasteiger partial charge in [0, 0.05) is 31.7 Å². The number of amides is 2. The second-order valence-electron chi connectivity index (χ2n) is 6.82. The van der Waals surface area contributed by atoms with Crippen LogP contribution in [0, 0.1) is 5.82 Å². The standard InChI is InChI=1S/C19H21FN4O3S.ClH/c20-14-5-6-15(27-19(26)23-8-3-4-9-23)13(11-14)12-16-17(25)22-18(28-16)24-10-2-1-7-21-24;/h5-6,11-12,21H,1-4,7-10H2;1H. The summed E-state index contributed by atoms with van der Waals surface area (Å²) in [6.45, 7) is 2.94.